The molecule has 0 aliphatic carbocycles. The van der Waals surface area contributed by atoms with Crippen molar-refractivity contribution >= 4 is 38.4 Å². The highest BCUT2D eigenvalue weighted by molar-refractivity contribution is 7.92. The van der Waals surface area contributed by atoms with Crippen LogP contribution in [0.2, 0.25) is 0 Å². The first-order valence-electron chi connectivity index (χ1n) is 8.18. The molecule has 3 aromatic rings. The van der Waals surface area contributed by atoms with Gasteiger partial charge in [0, 0.05) is 17.1 Å². The molecule has 2 N–H and O–H groups in total. The fraction of sp³-hybridized carbons (Fsp3) is 0.158. The van der Waals surface area contributed by atoms with Gasteiger partial charge in [-0.15, -0.1) is 0 Å². The largest absolute Gasteiger partial charge is 0.495 e. The second-order valence-corrected chi connectivity index (χ2v) is 7.60. The highest BCUT2D eigenvalue weighted by atomic mass is 32.2. The number of ether oxygens (including phenoxy) is 2. The molecule has 0 saturated heterocycles. The summed E-state index contributed by atoms with van der Waals surface area (Å²) < 4.78 is 38.2. The van der Waals surface area contributed by atoms with E-state index in [1.807, 2.05) is 0 Å². The van der Waals surface area contributed by atoms with Crippen LogP contribution in [-0.4, -0.2) is 39.4 Å². The van der Waals surface area contributed by atoms with E-state index in [-0.39, 0.29) is 27.7 Å². The van der Waals surface area contributed by atoms with E-state index in [2.05, 4.69) is 9.71 Å². The van der Waals surface area contributed by atoms with Gasteiger partial charge >= 0.3 is 5.97 Å². The van der Waals surface area contributed by atoms with E-state index in [9.17, 15) is 18.0 Å². The minimum atomic E-state index is -4.04. The number of carbonyl (C=O) groups excluding carboxylic acids is 2. The molecule has 8 nitrogen and oxygen atoms in total. The molecule has 0 radical (unpaired) electrons. The number of anilines is 1. The van der Waals surface area contributed by atoms with E-state index in [4.69, 9.17) is 9.47 Å². The molecule has 0 fully saturated rings. The van der Waals surface area contributed by atoms with Crippen molar-refractivity contribution in [3.63, 3.8) is 0 Å². The summed E-state index contributed by atoms with van der Waals surface area (Å²) in [5.41, 5.74) is 0.918. The number of methoxy groups -OCH3 is 2. The van der Waals surface area contributed by atoms with Crippen LogP contribution >= 0.6 is 0 Å². The van der Waals surface area contributed by atoms with Gasteiger partial charge in [0.1, 0.15) is 10.6 Å². The third kappa shape index (κ3) is 3.44. The second-order valence-electron chi connectivity index (χ2n) is 5.95. The molecule has 146 valence electrons. The van der Waals surface area contributed by atoms with Gasteiger partial charge in [-0.3, -0.25) is 9.52 Å². The fourth-order valence-corrected chi connectivity index (χ4v) is 4.11. The molecule has 28 heavy (non-hydrogen) atoms. The monoisotopic (exact) mass is 402 g/mol. The smallest absolute Gasteiger partial charge is 0.337 e. The molecule has 1 aromatic heterocycles. The Labute approximate surface area is 161 Å². The Hall–Kier alpha value is -3.33. The van der Waals surface area contributed by atoms with Crippen LogP contribution in [-0.2, 0) is 14.8 Å². The fourth-order valence-electron chi connectivity index (χ4n) is 2.88. The summed E-state index contributed by atoms with van der Waals surface area (Å²) in [5, 5.41) is 0.410. The number of aromatic amines is 1. The van der Waals surface area contributed by atoms with Gasteiger partial charge in [-0.05, 0) is 31.2 Å². The molecule has 1 heterocycles. The molecular formula is C19H18N2O6S. The summed E-state index contributed by atoms with van der Waals surface area (Å²) in [6, 6.07) is 8.98. The van der Waals surface area contributed by atoms with Crippen LogP contribution in [0.4, 0.5) is 5.69 Å². The van der Waals surface area contributed by atoms with E-state index < -0.39 is 16.0 Å². The summed E-state index contributed by atoms with van der Waals surface area (Å²) >= 11 is 0. The molecule has 3 rings (SSSR count). The zero-order valence-corrected chi connectivity index (χ0v) is 16.2. The number of hydrogen-bond donors (Lipinski definition) is 2. The molecule has 0 saturated carbocycles. The van der Waals surface area contributed by atoms with Crippen LogP contribution in [0, 0.1) is 0 Å². The normalized spacial score (nSPS) is 11.2. The average molecular weight is 402 g/mol. The summed E-state index contributed by atoms with van der Waals surface area (Å²) in [6.45, 7) is 1.38. The zero-order valence-electron chi connectivity index (χ0n) is 15.4. The predicted octanol–water partition coefficient (Wildman–Crippen LogP) is 2.97. The summed E-state index contributed by atoms with van der Waals surface area (Å²) in [5.74, 6) is -0.714. The Morgan fingerprint density at radius 1 is 1.11 bits per heavy atom. The van der Waals surface area contributed by atoms with Gasteiger partial charge in [0.05, 0.1) is 31.0 Å². The van der Waals surface area contributed by atoms with Gasteiger partial charge in [-0.2, -0.15) is 0 Å². The van der Waals surface area contributed by atoms with E-state index in [1.165, 1.54) is 51.6 Å². The molecule has 0 aliphatic heterocycles. The second kappa shape index (κ2) is 7.35. The third-order valence-electron chi connectivity index (χ3n) is 4.19. The lowest BCUT2D eigenvalue weighted by molar-refractivity contribution is 0.0600. The maximum absolute atomic E-state index is 12.9. The van der Waals surface area contributed by atoms with E-state index in [0.717, 1.165) is 0 Å². The van der Waals surface area contributed by atoms with Crippen molar-refractivity contribution in [2.24, 2.45) is 0 Å². The number of fused-ring (bicyclic) bond motifs is 1. The van der Waals surface area contributed by atoms with Gasteiger partial charge < -0.3 is 14.5 Å². The highest BCUT2D eigenvalue weighted by Gasteiger charge is 2.23. The summed E-state index contributed by atoms with van der Waals surface area (Å²) in [7, 11) is -1.45. The van der Waals surface area contributed by atoms with Crippen LogP contribution in [0.15, 0.2) is 47.5 Å². The number of para-hydroxylation sites is 1. The van der Waals surface area contributed by atoms with Gasteiger partial charge in [-0.25, -0.2) is 13.2 Å². The van der Waals surface area contributed by atoms with E-state index >= 15 is 0 Å². The number of Topliss-reactive ketones (excluding diaryl/α,β-unsaturated/α-hetero) is 1. The number of ketones is 1. The molecule has 0 atom stereocenters. The lowest BCUT2D eigenvalue weighted by Gasteiger charge is -2.13. The molecule has 0 spiro atoms. The van der Waals surface area contributed by atoms with Crippen molar-refractivity contribution in [2.45, 2.75) is 11.8 Å². The van der Waals surface area contributed by atoms with Crippen molar-refractivity contribution in [3.05, 3.63) is 53.7 Å². The number of hydrogen-bond acceptors (Lipinski definition) is 6. The lowest BCUT2D eigenvalue weighted by atomic mass is 10.1. The number of sulfonamides is 1. The Balaban J connectivity index is 2.19. The van der Waals surface area contributed by atoms with Crippen LogP contribution in [0.3, 0.4) is 0 Å². The molecule has 9 heteroatoms. The number of carbonyl (C=O) groups is 2. The standard InChI is InChI=1S/C19H18N2O6S/c1-11(22)14-10-20-18-13(14)8-12(19(23)27-3)9-15(18)21-28(24,25)17-7-5-4-6-16(17)26-2/h4-10,20-21H,1-3H3. The van der Waals surface area contributed by atoms with E-state index in [1.54, 1.807) is 12.1 Å². The Bertz CT molecular complexity index is 1180. The summed E-state index contributed by atoms with van der Waals surface area (Å²) in [4.78, 5) is 26.7. The first-order valence-corrected chi connectivity index (χ1v) is 9.67. The Morgan fingerprint density at radius 2 is 1.82 bits per heavy atom. The van der Waals surface area contributed by atoms with Crippen LogP contribution in [0.25, 0.3) is 10.9 Å². The number of benzene rings is 2. The molecule has 0 aliphatic rings. The number of nitrogens with one attached hydrogen (secondary N) is 2. The molecule has 0 amide bonds. The maximum atomic E-state index is 12.9. The zero-order chi connectivity index (χ0) is 20.5. The Morgan fingerprint density at radius 3 is 2.46 bits per heavy atom. The number of esters is 1. The maximum Gasteiger partial charge on any atom is 0.337 e. The average Bonchev–Trinajstić information content (AvgIpc) is 3.11. The molecule has 0 unspecified atom stereocenters. The van der Waals surface area contributed by atoms with Crippen LogP contribution < -0.4 is 9.46 Å². The van der Waals surface area contributed by atoms with Crippen molar-refractivity contribution in [1.29, 1.82) is 0 Å². The van der Waals surface area contributed by atoms with Crippen molar-refractivity contribution in [3.8, 4) is 5.75 Å². The SMILES string of the molecule is COC(=O)c1cc(NS(=O)(=O)c2ccccc2OC)c2[nH]cc(C(C)=O)c2c1. The van der Waals surface area contributed by atoms with Gasteiger partial charge in [0.25, 0.3) is 10.0 Å². The number of H-pyrrole nitrogens is 1. The molecule has 2 aromatic carbocycles. The van der Waals surface area contributed by atoms with Gasteiger partial charge in [0.2, 0.25) is 0 Å². The third-order valence-corrected chi connectivity index (χ3v) is 5.60. The van der Waals surface area contributed by atoms with Crippen molar-refractivity contribution in [1.82, 2.24) is 4.98 Å². The molecular weight excluding hydrogens is 384 g/mol. The van der Waals surface area contributed by atoms with Crippen LogP contribution in [0.1, 0.15) is 27.6 Å². The first kappa shape index (κ1) is 19.4. The molecule has 0 bridgehead atoms. The first-order chi connectivity index (χ1) is 13.3. The summed E-state index contributed by atoms with van der Waals surface area (Å²) in [6.07, 6.45) is 1.47. The lowest BCUT2D eigenvalue weighted by Crippen LogP contribution is -2.15. The topological polar surface area (TPSA) is 115 Å². The number of aromatic nitrogens is 1. The van der Waals surface area contributed by atoms with Crippen molar-refractivity contribution < 1.29 is 27.5 Å². The van der Waals surface area contributed by atoms with Gasteiger partial charge in [-0.1, -0.05) is 12.1 Å². The minimum absolute atomic E-state index is 0.0625. The highest BCUT2D eigenvalue weighted by Crippen LogP contribution is 2.31. The predicted molar refractivity (Wildman–Crippen MR) is 103 cm³/mol. The van der Waals surface area contributed by atoms with Gasteiger partial charge in [0.15, 0.2) is 5.78 Å². The number of rotatable bonds is 6. The minimum Gasteiger partial charge on any atom is -0.495 e. The van der Waals surface area contributed by atoms with Crippen LogP contribution in [0.5, 0.6) is 5.75 Å². The van der Waals surface area contributed by atoms with E-state index in [0.29, 0.717) is 16.5 Å². The Kier molecular flexibility index (Phi) is 5.10. The van der Waals surface area contributed by atoms with Crippen molar-refractivity contribution in [2.75, 3.05) is 18.9 Å². The quantitative estimate of drug-likeness (QED) is 0.484.